The van der Waals surface area contributed by atoms with E-state index in [1.165, 1.54) is 24.0 Å². The summed E-state index contributed by atoms with van der Waals surface area (Å²) in [5, 5.41) is 0. The monoisotopic (exact) mass is 316 g/mol. The van der Waals surface area contributed by atoms with Gasteiger partial charge in [0.05, 0.1) is 18.8 Å². The maximum absolute atomic E-state index is 11.9. The zero-order valence-corrected chi connectivity index (χ0v) is 13.5. The molecule has 3 aliphatic rings. The number of carbonyl (C=O) groups excluding carboxylic acids is 1. The van der Waals surface area contributed by atoms with Crippen molar-refractivity contribution in [3.05, 3.63) is 29.3 Å². The number of carbonyl (C=O) groups is 1. The molecule has 5 heteroatoms. The fourth-order valence-electron chi connectivity index (χ4n) is 3.99. The third-order valence-electron chi connectivity index (χ3n) is 5.14. The zero-order valence-electron chi connectivity index (χ0n) is 13.5. The lowest BCUT2D eigenvalue weighted by atomic mass is 9.95. The predicted octanol–water partition coefficient (Wildman–Crippen LogP) is 2.43. The van der Waals surface area contributed by atoms with Gasteiger partial charge in [0.25, 0.3) is 0 Å². The number of nitrogens with zero attached hydrogens (tertiary/aromatic N) is 2. The van der Waals surface area contributed by atoms with Crippen LogP contribution in [-0.2, 0) is 22.4 Å². The van der Waals surface area contributed by atoms with Gasteiger partial charge in [-0.1, -0.05) is 12.1 Å². The largest absolute Gasteiger partial charge is 0.447 e. The number of fused-ring (bicyclic) bond motifs is 1. The molecule has 3 aliphatic heterocycles. The van der Waals surface area contributed by atoms with Gasteiger partial charge in [-0.3, -0.25) is 9.80 Å². The van der Waals surface area contributed by atoms with E-state index < -0.39 is 0 Å². The quantitative estimate of drug-likeness (QED) is 0.859. The summed E-state index contributed by atoms with van der Waals surface area (Å²) in [6.45, 7) is 6.15. The summed E-state index contributed by atoms with van der Waals surface area (Å²) >= 11 is 0. The molecule has 4 rings (SSSR count). The van der Waals surface area contributed by atoms with Crippen molar-refractivity contribution in [2.45, 2.75) is 25.8 Å². The van der Waals surface area contributed by atoms with Gasteiger partial charge >= 0.3 is 6.09 Å². The molecule has 1 amide bonds. The Bertz CT molecular complexity index is 584. The summed E-state index contributed by atoms with van der Waals surface area (Å²) < 4.78 is 10.7. The number of hydrogen-bond donors (Lipinski definition) is 0. The van der Waals surface area contributed by atoms with E-state index in [0.717, 1.165) is 45.0 Å². The summed E-state index contributed by atoms with van der Waals surface area (Å²) in [4.78, 5) is 16.2. The normalized spacial score (nSPS) is 25.3. The van der Waals surface area contributed by atoms with Crippen molar-refractivity contribution < 1.29 is 14.3 Å². The van der Waals surface area contributed by atoms with E-state index in [4.69, 9.17) is 9.47 Å². The minimum atomic E-state index is -0.208. The summed E-state index contributed by atoms with van der Waals surface area (Å²) in [5.41, 5.74) is 3.72. The Morgan fingerprint density at radius 3 is 2.96 bits per heavy atom. The van der Waals surface area contributed by atoms with Crippen LogP contribution in [0.25, 0.3) is 0 Å². The first kappa shape index (κ1) is 15.0. The fourth-order valence-corrected chi connectivity index (χ4v) is 3.99. The van der Waals surface area contributed by atoms with Crippen LogP contribution < -0.4 is 4.90 Å². The second-order valence-electron chi connectivity index (χ2n) is 6.75. The molecule has 2 saturated heterocycles. The third kappa shape index (κ3) is 3.08. The Hall–Kier alpha value is -1.59. The molecule has 1 atom stereocenters. The number of cyclic esters (lactones) is 1. The average Bonchev–Trinajstić information content (AvgIpc) is 3.01. The standard InChI is InChI=1S/C18H24N2O3/c21-18-20(8-10-23-18)17-5-1-4-15-12-19(7-6-16(15)17)11-14-3-2-9-22-13-14/h1,4-5,14H,2-3,6-13H2/t14-/m0/s1. The maximum atomic E-state index is 11.9. The van der Waals surface area contributed by atoms with Crippen LogP contribution in [0.4, 0.5) is 10.5 Å². The Labute approximate surface area is 137 Å². The highest BCUT2D eigenvalue weighted by molar-refractivity contribution is 5.90. The molecule has 0 unspecified atom stereocenters. The minimum absolute atomic E-state index is 0.208. The number of anilines is 1. The molecule has 3 heterocycles. The number of benzene rings is 1. The molecule has 2 fully saturated rings. The lowest BCUT2D eigenvalue weighted by Crippen LogP contribution is -2.38. The van der Waals surface area contributed by atoms with Crippen molar-refractivity contribution in [2.24, 2.45) is 5.92 Å². The molecule has 0 aromatic heterocycles. The van der Waals surface area contributed by atoms with Crippen molar-refractivity contribution in [1.82, 2.24) is 4.90 Å². The molecule has 0 spiro atoms. The maximum Gasteiger partial charge on any atom is 0.414 e. The van der Waals surface area contributed by atoms with Crippen LogP contribution in [0.5, 0.6) is 0 Å². The molecular formula is C18H24N2O3. The molecule has 0 N–H and O–H groups in total. The second kappa shape index (κ2) is 6.49. The molecule has 1 aromatic rings. The van der Waals surface area contributed by atoms with Gasteiger partial charge in [-0.25, -0.2) is 4.79 Å². The molecule has 0 aliphatic carbocycles. The van der Waals surface area contributed by atoms with E-state index in [0.29, 0.717) is 19.1 Å². The summed E-state index contributed by atoms with van der Waals surface area (Å²) in [6.07, 6.45) is 3.27. The fraction of sp³-hybridized carbons (Fsp3) is 0.611. The lowest BCUT2D eigenvalue weighted by Gasteiger charge is -2.34. The van der Waals surface area contributed by atoms with Crippen molar-refractivity contribution in [3.8, 4) is 0 Å². The number of hydrogen-bond acceptors (Lipinski definition) is 4. The first-order valence-electron chi connectivity index (χ1n) is 8.66. The SMILES string of the molecule is O=C1OCCN1c1cccc2c1CCN(C[C@@H]1CCCOC1)C2. The lowest BCUT2D eigenvalue weighted by molar-refractivity contribution is 0.0364. The number of ether oxygens (including phenoxy) is 2. The number of amides is 1. The Balaban J connectivity index is 1.48. The van der Waals surface area contributed by atoms with Crippen LogP contribution in [0, 0.1) is 5.92 Å². The summed E-state index contributed by atoms with van der Waals surface area (Å²) in [6, 6.07) is 6.31. The van der Waals surface area contributed by atoms with E-state index in [1.807, 2.05) is 0 Å². The molecule has 5 nitrogen and oxygen atoms in total. The van der Waals surface area contributed by atoms with Crippen molar-refractivity contribution in [3.63, 3.8) is 0 Å². The first-order valence-corrected chi connectivity index (χ1v) is 8.66. The highest BCUT2D eigenvalue weighted by Gasteiger charge is 2.29. The van der Waals surface area contributed by atoms with Gasteiger partial charge in [-0.2, -0.15) is 0 Å². The second-order valence-corrected chi connectivity index (χ2v) is 6.75. The van der Waals surface area contributed by atoms with Crippen LogP contribution in [0.3, 0.4) is 0 Å². The minimum Gasteiger partial charge on any atom is -0.447 e. The molecule has 23 heavy (non-hydrogen) atoms. The molecule has 0 saturated carbocycles. The van der Waals surface area contributed by atoms with E-state index >= 15 is 0 Å². The third-order valence-corrected chi connectivity index (χ3v) is 5.14. The predicted molar refractivity (Wildman–Crippen MR) is 87.7 cm³/mol. The smallest absolute Gasteiger partial charge is 0.414 e. The van der Waals surface area contributed by atoms with Gasteiger partial charge in [-0.05, 0) is 42.4 Å². The molecule has 124 valence electrons. The Kier molecular flexibility index (Phi) is 4.23. The van der Waals surface area contributed by atoms with Crippen LogP contribution >= 0.6 is 0 Å². The van der Waals surface area contributed by atoms with Crippen molar-refractivity contribution >= 4 is 11.8 Å². The van der Waals surface area contributed by atoms with E-state index in [9.17, 15) is 4.79 Å². The zero-order chi connectivity index (χ0) is 15.6. The molecule has 0 radical (unpaired) electrons. The average molecular weight is 316 g/mol. The molecular weight excluding hydrogens is 292 g/mol. The van der Waals surface area contributed by atoms with Crippen LogP contribution in [0.1, 0.15) is 24.0 Å². The van der Waals surface area contributed by atoms with Gasteiger partial charge in [-0.15, -0.1) is 0 Å². The Morgan fingerprint density at radius 1 is 1.22 bits per heavy atom. The van der Waals surface area contributed by atoms with Gasteiger partial charge in [0.2, 0.25) is 0 Å². The summed E-state index contributed by atoms with van der Waals surface area (Å²) in [7, 11) is 0. The van der Waals surface area contributed by atoms with Crippen molar-refractivity contribution in [1.29, 1.82) is 0 Å². The molecule has 1 aromatic carbocycles. The highest BCUT2D eigenvalue weighted by atomic mass is 16.6. The van der Waals surface area contributed by atoms with E-state index in [2.05, 4.69) is 23.1 Å². The topological polar surface area (TPSA) is 42.0 Å². The van der Waals surface area contributed by atoms with Crippen LogP contribution in [0.15, 0.2) is 18.2 Å². The van der Waals surface area contributed by atoms with Gasteiger partial charge in [0.15, 0.2) is 0 Å². The van der Waals surface area contributed by atoms with Gasteiger partial charge in [0.1, 0.15) is 6.61 Å². The van der Waals surface area contributed by atoms with Gasteiger partial charge in [0, 0.05) is 26.2 Å². The number of rotatable bonds is 3. The summed E-state index contributed by atoms with van der Waals surface area (Å²) in [5.74, 6) is 0.669. The van der Waals surface area contributed by atoms with E-state index in [1.54, 1.807) is 4.90 Å². The van der Waals surface area contributed by atoms with Crippen molar-refractivity contribution in [2.75, 3.05) is 44.4 Å². The first-order chi connectivity index (χ1) is 11.3. The van der Waals surface area contributed by atoms with Crippen LogP contribution in [-0.4, -0.2) is 50.4 Å². The highest BCUT2D eigenvalue weighted by Crippen LogP contribution is 2.31. The van der Waals surface area contributed by atoms with Crippen LogP contribution in [0.2, 0.25) is 0 Å². The van der Waals surface area contributed by atoms with E-state index in [-0.39, 0.29) is 6.09 Å². The molecule has 0 bridgehead atoms. The van der Waals surface area contributed by atoms with Gasteiger partial charge < -0.3 is 9.47 Å². The Morgan fingerprint density at radius 2 is 2.17 bits per heavy atom.